The van der Waals surface area contributed by atoms with Crippen molar-refractivity contribution in [1.82, 2.24) is 9.97 Å². The van der Waals surface area contributed by atoms with Crippen molar-refractivity contribution in [2.24, 2.45) is 0 Å². The van der Waals surface area contributed by atoms with E-state index >= 15 is 0 Å². The number of nitrogens with one attached hydrogen (secondary N) is 2. The van der Waals surface area contributed by atoms with Crippen molar-refractivity contribution in [3.05, 3.63) is 50.4 Å². The monoisotopic (exact) mass is 385 g/mol. The van der Waals surface area contributed by atoms with E-state index in [1.807, 2.05) is 0 Å². The molecule has 0 aliphatic heterocycles. The maximum atomic E-state index is 12.0. The van der Waals surface area contributed by atoms with Gasteiger partial charge >= 0.3 is 0 Å². The summed E-state index contributed by atoms with van der Waals surface area (Å²) >= 11 is 13.1. The Morgan fingerprint density at radius 3 is 2.92 bits per heavy atom. The average Bonchev–Trinajstić information content (AvgIpc) is 2.55. The number of thioether (sulfide) groups is 1. The summed E-state index contributed by atoms with van der Waals surface area (Å²) in [6, 6.07) is 6.51. The third kappa shape index (κ3) is 5.54. The molecule has 0 unspecified atom stereocenters. The Kier molecular flexibility index (Phi) is 7.15. The smallest absolute Gasteiger partial charge is 0.251 e. The molecule has 0 fully saturated rings. The van der Waals surface area contributed by atoms with Crippen LogP contribution in [-0.4, -0.2) is 21.6 Å². The lowest BCUT2D eigenvalue weighted by Gasteiger charge is -2.08. The number of unbranched alkanes of at least 4 members (excludes halogenated alkanes) is 1. The zero-order chi connectivity index (χ0) is 17.5. The van der Waals surface area contributed by atoms with Crippen LogP contribution in [0.5, 0.6) is 0 Å². The zero-order valence-corrected chi connectivity index (χ0v) is 15.4. The van der Waals surface area contributed by atoms with Gasteiger partial charge in [-0.1, -0.05) is 54.4 Å². The lowest BCUT2D eigenvalue weighted by molar-refractivity contribution is -0.113. The Bertz CT molecular complexity index is 780. The fraction of sp³-hybridized carbons (Fsp3) is 0.312. The van der Waals surface area contributed by atoms with Gasteiger partial charge in [-0.05, 0) is 25.0 Å². The lowest BCUT2D eigenvalue weighted by Crippen LogP contribution is -2.16. The highest BCUT2D eigenvalue weighted by Gasteiger charge is 2.10. The van der Waals surface area contributed by atoms with Gasteiger partial charge in [0.05, 0.1) is 21.5 Å². The summed E-state index contributed by atoms with van der Waals surface area (Å²) in [5.41, 5.74) is 0.978. The average molecular weight is 386 g/mol. The summed E-state index contributed by atoms with van der Waals surface area (Å²) in [7, 11) is 0. The fourth-order valence-corrected chi connectivity index (χ4v) is 3.00. The molecule has 2 aromatic rings. The first-order valence-electron chi connectivity index (χ1n) is 7.46. The summed E-state index contributed by atoms with van der Waals surface area (Å²) in [6.45, 7) is 2.08. The van der Waals surface area contributed by atoms with Crippen LogP contribution in [0.15, 0.2) is 34.2 Å². The van der Waals surface area contributed by atoms with Crippen molar-refractivity contribution >= 4 is 46.6 Å². The molecule has 0 spiro atoms. The second kappa shape index (κ2) is 9.11. The van der Waals surface area contributed by atoms with Crippen LogP contribution in [0.2, 0.25) is 10.0 Å². The number of rotatable bonds is 7. The van der Waals surface area contributed by atoms with Crippen LogP contribution in [0.3, 0.4) is 0 Å². The van der Waals surface area contributed by atoms with Crippen molar-refractivity contribution in [3.8, 4) is 0 Å². The largest absolute Gasteiger partial charge is 0.324 e. The summed E-state index contributed by atoms with van der Waals surface area (Å²) in [4.78, 5) is 30.7. The highest BCUT2D eigenvalue weighted by Crippen LogP contribution is 2.29. The fourth-order valence-electron chi connectivity index (χ4n) is 1.96. The second-order valence-corrected chi connectivity index (χ2v) is 6.83. The predicted molar refractivity (Wildman–Crippen MR) is 99.3 cm³/mol. The van der Waals surface area contributed by atoms with Crippen LogP contribution >= 0.6 is 35.0 Å². The summed E-state index contributed by atoms with van der Waals surface area (Å²) in [6.07, 6.45) is 2.74. The minimum atomic E-state index is -0.259. The molecule has 1 aromatic heterocycles. The lowest BCUT2D eigenvalue weighted by atomic mass is 10.2. The molecule has 0 aliphatic rings. The van der Waals surface area contributed by atoms with Crippen molar-refractivity contribution in [2.45, 2.75) is 31.3 Å². The number of halogens is 2. The van der Waals surface area contributed by atoms with Gasteiger partial charge in [0.25, 0.3) is 5.56 Å². The molecule has 24 heavy (non-hydrogen) atoms. The van der Waals surface area contributed by atoms with E-state index in [4.69, 9.17) is 23.2 Å². The Morgan fingerprint density at radius 1 is 1.38 bits per heavy atom. The van der Waals surface area contributed by atoms with Crippen LogP contribution in [0.4, 0.5) is 5.69 Å². The van der Waals surface area contributed by atoms with Gasteiger partial charge in [0.15, 0.2) is 5.16 Å². The minimum Gasteiger partial charge on any atom is -0.324 e. The van der Waals surface area contributed by atoms with E-state index in [1.54, 1.807) is 18.2 Å². The highest BCUT2D eigenvalue weighted by atomic mass is 35.5. The number of nitrogens with zero attached hydrogens (tertiary/aromatic N) is 1. The number of hydrogen-bond donors (Lipinski definition) is 2. The van der Waals surface area contributed by atoms with Crippen LogP contribution in [-0.2, 0) is 11.2 Å². The molecule has 2 N–H and O–H groups in total. The summed E-state index contributed by atoms with van der Waals surface area (Å²) in [5.74, 6) is -0.158. The molecule has 128 valence electrons. The molecule has 0 radical (unpaired) electrons. The summed E-state index contributed by atoms with van der Waals surface area (Å²) < 4.78 is 0. The van der Waals surface area contributed by atoms with E-state index in [2.05, 4.69) is 22.2 Å². The molecule has 1 amide bonds. The van der Waals surface area contributed by atoms with Gasteiger partial charge in [-0.3, -0.25) is 9.59 Å². The van der Waals surface area contributed by atoms with E-state index in [0.29, 0.717) is 20.9 Å². The first kappa shape index (κ1) is 18.8. The molecule has 1 aromatic carbocycles. The number of benzene rings is 1. The molecule has 0 saturated carbocycles. The number of aromatic amines is 1. The molecular formula is C16H17Cl2N3O2S. The predicted octanol–water partition coefficient (Wildman–Crippen LogP) is 4.15. The first-order valence-corrected chi connectivity index (χ1v) is 9.20. The van der Waals surface area contributed by atoms with Crippen molar-refractivity contribution in [1.29, 1.82) is 0 Å². The van der Waals surface area contributed by atoms with E-state index in [1.165, 1.54) is 6.07 Å². The van der Waals surface area contributed by atoms with Gasteiger partial charge in [-0.15, -0.1) is 0 Å². The number of amides is 1. The number of H-pyrrole nitrogens is 1. The van der Waals surface area contributed by atoms with Gasteiger partial charge < -0.3 is 10.3 Å². The normalized spacial score (nSPS) is 10.6. The highest BCUT2D eigenvalue weighted by molar-refractivity contribution is 7.99. The molecule has 1 heterocycles. The first-order chi connectivity index (χ1) is 11.5. The summed E-state index contributed by atoms with van der Waals surface area (Å²) in [5, 5.41) is 3.79. The molecule has 0 aliphatic carbocycles. The van der Waals surface area contributed by atoms with Crippen LogP contribution in [0, 0.1) is 0 Å². The molecule has 0 saturated heterocycles. The number of aryl methyl sites for hydroxylation is 1. The minimum absolute atomic E-state index is 0.100. The Morgan fingerprint density at radius 2 is 2.17 bits per heavy atom. The van der Waals surface area contributed by atoms with E-state index in [9.17, 15) is 9.59 Å². The molecule has 8 heteroatoms. The van der Waals surface area contributed by atoms with Crippen molar-refractivity contribution in [3.63, 3.8) is 0 Å². The Labute approximate surface area is 154 Å². The van der Waals surface area contributed by atoms with Crippen molar-refractivity contribution < 1.29 is 4.79 Å². The van der Waals surface area contributed by atoms with Gasteiger partial charge in [-0.25, -0.2) is 4.98 Å². The third-order valence-corrected chi connectivity index (χ3v) is 4.82. The van der Waals surface area contributed by atoms with E-state index in [0.717, 1.165) is 36.7 Å². The number of carbonyl (C=O) groups is 1. The maximum Gasteiger partial charge on any atom is 0.251 e. The van der Waals surface area contributed by atoms with Gasteiger partial charge in [-0.2, -0.15) is 0 Å². The molecule has 2 rings (SSSR count). The second-order valence-electron chi connectivity index (χ2n) is 5.08. The topological polar surface area (TPSA) is 74.8 Å². The van der Waals surface area contributed by atoms with Crippen LogP contribution in [0.25, 0.3) is 0 Å². The zero-order valence-electron chi connectivity index (χ0n) is 13.1. The SMILES string of the molecule is CCCCc1cc(=O)[nH]c(SCC(=O)Nc2cccc(Cl)c2Cl)n1. The van der Waals surface area contributed by atoms with Gasteiger partial charge in [0, 0.05) is 11.8 Å². The molecule has 5 nitrogen and oxygen atoms in total. The number of hydrogen-bond acceptors (Lipinski definition) is 4. The van der Waals surface area contributed by atoms with E-state index < -0.39 is 0 Å². The molecule has 0 bridgehead atoms. The van der Waals surface area contributed by atoms with Gasteiger partial charge in [0.2, 0.25) is 5.91 Å². The van der Waals surface area contributed by atoms with Gasteiger partial charge in [0.1, 0.15) is 0 Å². The maximum absolute atomic E-state index is 12.0. The number of carbonyl (C=O) groups excluding carboxylic acids is 1. The van der Waals surface area contributed by atoms with E-state index in [-0.39, 0.29) is 17.2 Å². The number of aromatic nitrogens is 2. The quantitative estimate of drug-likeness (QED) is 0.554. The molecular weight excluding hydrogens is 369 g/mol. The number of anilines is 1. The van der Waals surface area contributed by atoms with Crippen LogP contribution < -0.4 is 10.9 Å². The Hall–Kier alpha value is -1.50. The Balaban J connectivity index is 1.97. The molecule has 0 atom stereocenters. The third-order valence-electron chi connectivity index (χ3n) is 3.13. The standard InChI is InChI=1S/C16H17Cl2N3O2S/c1-2-3-5-10-8-13(22)21-16(19-10)24-9-14(23)20-12-7-4-6-11(17)15(12)18/h4,6-8H,2-3,5,9H2,1H3,(H,20,23)(H,19,21,22). The van der Waals surface area contributed by atoms with Crippen LogP contribution in [0.1, 0.15) is 25.5 Å². The van der Waals surface area contributed by atoms with Crippen molar-refractivity contribution in [2.75, 3.05) is 11.1 Å².